The molecule has 0 radical (unpaired) electrons. The Morgan fingerprint density at radius 1 is 1.22 bits per heavy atom. The summed E-state index contributed by atoms with van der Waals surface area (Å²) in [5.74, 6) is 0.598. The molecule has 3 rings (SSSR count). The van der Waals surface area contributed by atoms with Crippen LogP contribution in [0.25, 0.3) is 0 Å². The highest BCUT2D eigenvalue weighted by atomic mass is 32.2. The van der Waals surface area contributed by atoms with Crippen molar-refractivity contribution in [3.63, 3.8) is 0 Å². The summed E-state index contributed by atoms with van der Waals surface area (Å²) in [6.45, 7) is 0.370. The van der Waals surface area contributed by atoms with E-state index >= 15 is 0 Å². The van der Waals surface area contributed by atoms with Gasteiger partial charge in [0.2, 0.25) is 0 Å². The summed E-state index contributed by atoms with van der Waals surface area (Å²) in [6, 6.07) is 1.07. The molecular weight excluding hydrogens is 521 g/mol. The van der Waals surface area contributed by atoms with Crippen molar-refractivity contribution < 1.29 is 56.3 Å². The van der Waals surface area contributed by atoms with Gasteiger partial charge in [-0.2, -0.15) is 8.62 Å². The van der Waals surface area contributed by atoms with E-state index in [-0.39, 0.29) is 0 Å². The Balaban J connectivity index is 1.80. The van der Waals surface area contributed by atoms with Gasteiger partial charge in [-0.3, -0.25) is 18.9 Å². The van der Waals surface area contributed by atoms with Gasteiger partial charge in [0.1, 0.15) is 11.7 Å². The molecule has 1 aromatic heterocycles. The van der Waals surface area contributed by atoms with Gasteiger partial charge >= 0.3 is 29.2 Å². The Labute approximate surface area is 183 Å². The molecular formula is C12H19N2O14P3S. The number of aliphatic hydroxyl groups excluding tert-OH is 1. The summed E-state index contributed by atoms with van der Waals surface area (Å²) in [4.78, 5) is 61.6. The number of hydrogen-bond acceptors (Lipinski definition) is 11. The number of nitrogens with one attached hydrogen (secondary N) is 1. The molecule has 6 N–H and O–H groups in total. The fraction of sp³-hybridized carbons (Fsp3) is 0.667. The number of rotatable bonds is 8. The monoisotopic (exact) mass is 540 g/mol. The van der Waals surface area contributed by atoms with Gasteiger partial charge in [-0.15, -0.1) is 11.8 Å². The predicted octanol–water partition coefficient (Wildman–Crippen LogP) is -0.596. The summed E-state index contributed by atoms with van der Waals surface area (Å²) in [5, 5.41) is 10.9. The number of ether oxygens (including phenoxy) is 1. The molecule has 1 spiro atoms. The predicted molar refractivity (Wildman–Crippen MR) is 105 cm³/mol. The lowest BCUT2D eigenvalue weighted by atomic mass is 9.88. The van der Waals surface area contributed by atoms with Crippen molar-refractivity contribution in [2.75, 3.05) is 12.4 Å². The fourth-order valence-corrected chi connectivity index (χ4v) is 7.85. The number of phosphoric acid groups is 3. The molecule has 1 aromatic rings. The first kappa shape index (κ1) is 26.0. The zero-order valence-corrected chi connectivity index (χ0v) is 19.5. The molecule has 0 aromatic carbocycles. The van der Waals surface area contributed by atoms with E-state index in [1.54, 1.807) is 0 Å². The van der Waals surface area contributed by atoms with E-state index < -0.39 is 64.0 Å². The molecule has 2 aliphatic rings. The first-order chi connectivity index (χ1) is 14.5. The van der Waals surface area contributed by atoms with Crippen LogP contribution in [0.3, 0.4) is 0 Å². The van der Waals surface area contributed by atoms with Gasteiger partial charge in [0.15, 0.2) is 6.23 Å². The van der Waals surface area contributed by atoms with Crippen LogP contribution in [0.2, 0.25) is 0 Å². The van der Waals surface area contributed by atoms with Crippen LogP contribution >= 0.6 is 35.2 Å². The van der Waals surface area contributed by atoms with Crippen LogP contribution in [-0.4, -0.2) is 63.0 Å². The smallest absolute Gasteiger partial charge is 0.388 e. The van der Waals surface area contributed by atoms with Gasteiger partial charge in [-0.1, -0.05) is 0 Å². The number of nitrogens with zero attached hydrogens (tertiary/aromatic N) is 1. The van der Waals surface area contributed by atoms with Crippen LogP contribution in [-0.2, 0) is 31.6 Å². The Hall–Kier alpha value is -0.640. The maximum absolute atomic E-state index is 12.2. The summed E-state index contributed by atoms with van der Waals surface area (Å²) in [5.41, 5.74) is -3.23. The minimum atomic E-state index is -5.71. The number of aromatic nitrogens is 2. The van der Waals surface area contributed by atoms with Crippen molar-refractivity contribution >= 4 is 35.2 Å². The quantitative estimate of drug-likeness (QED) is 0.226. The van der Waals surface area contributed by atoms with Crippen LogP contribution in [0.1, 0.15) is 19.6 Å². The van der Waals surface area contributed by atoms with Gasteiger partial charge in [-0.05, 0) is 19.1 Å². The number of H-pyrrole nitrogens is 1. The highest BCUT2D eigenvalue weighted by Crippen LogP contribution is 2.67. The Kier molecular flexibility index (Phi) is 6.93. The molecule has 32 heavy (non-hydrogen) atoms. The molecule has 0 bridgehead atoms. The Morgan fingerprint density at radius 3 is 2.34 bits per heavy atom. The molecule has 20 heteroatoms. The number of thioether (sulfide) groups is 1. The molecule has 0 aliphatic carbocycles. The van der Waals surface area contributed by atoms with Crippen molar-refractivity contribution in [2.24, 2.45) is 0 Å². The highest BCUT2D eigenvalue weighted by molar-refractivity contribution is 8.02. The second-order valence-electron chi connectivity index (χ2n) is 7.12. The van der Waals surface area contributed by atoms with Crippen molar-refractivity contribution in [2.45, 2.75) is 36.0 Å². The van der Waals surface area contributed by atoms with Crippen molar-refractivity contribution in [1.82, 2.24) is 9.55 Å². The van der Waals surface area contributed by atoms with E-state index in [4.69, 9.17) is 14.5 Å². The maximum Gasteiger partial charge on any atom is 0.490 e. The molecule has 0 amide bonds. The maximum atomic E-state index is 12.2. The summed E-state index contributed by atoms with van der Waals surface area (Å²) in [6.07, 6.45) is -0.965. The average molecular weight is 540 g/mol. The van der Waals surface area contributed by atoms with E-state index in [1.807, 2.05) is 0 Å². The number of aromatic amines is 1. The minimum Gasteiger partial charge on any atom is -0.388 e. The van der Waals surface area contributed by atoms with Gasteiger partial charge in [0.05, 0.1) is 11.4 Å². The molecule has 2 aliphatic heterocycles. The largest absolute Gasteiger partial charge is 0.490 e. The molecule has 0 saturated carbocycles. The Bertz CT molecular complexity index is 1140. The average Bonchev–Trinajstić information content (AvgIpc) is 2.78. The van der Waals surface area contributed by atoms with Gasteiger partial charge < -0.3 is 29.4 Å². The molecule has 6 atom stereocenters. The van der Waals surface area contributed by atoms with E-state index in [9.17, 15) is 38.2 Å². The first-order valence-corrected chi connectivity index (χ1v) is 14.1. The summed E-state index contributed by atoms with van der Waals surface area (Å²) in [7, 11) is -16.7. The van der Waals surface area contributed by atoms with Crippen LogP contribution in [0, 0.1) is 0 Å². The molecule has 2 saturated heterocycles. The standard InChI is InChI=1S/C12H19N2O14P3S/c1-11(6-25-30(21,22)28-31(23,24)27-29(18,19)20)8(16)12(3-5-32-12)9(26-11)14-4-2-7(15)13-10(14)17/h2,4,8-9,16H,3,5-6H2,1H3,(H,21,22)(H,23,24)(H,13,15,17)(H2,18,19,20)/t8-,9-,11-,12-/m1/s1. The van der Waals surface area contributed by atoms with Gasteiger partial charge in [0.25, 0.3) is 5.56 Å². The van der Waals surface area contributed by atoms with Crippen molar-refractivity contribution in [1.29, 1.82) is 0 Å². The lowest BCUT2D eigenvalue weighted by molar-refractivity contribution is -0.115. The van der Waals surface area contributed by atoms with Crippen molar-refractivity contribution in [3.05, 3.63) is 33.1 Å². The molecule has 2 fully saturated rings. The second-order valence-corrected chi connectivity index (χ2v) is 13.0. The third-order valence-electron chi connectivity index (χ3n) is 4.74. The number of aliphatic hydroxyl groups is 1. The van der Waals surface area contributed by atoms with Crippen LogP contribution in [0.4, 0.5) is 0 Å². The minimum absolute atomic E-state index is 0.375. The molecule has 182 valence electrons. The van der Waals surface area contributed by atoms with E-state index in [0.29, 0.717) is 12.2 Å². The lowest BCUT2D eigenvalue weighted by Crippen LogP contribution is -2.54. The molecule has 2 unspecified atom stereocenters. The lowest BCUT2D eigenvalue weighted by Gasteiger charge is -2.44. The normalized spacial score (nSPS) is 34.1. The van der Waals surface area contributed by atoms with Crippen LogP contribution in [0.5, 0.6) is 0 Å². The second kappa shape index (κ2) is 8.54. The molecule has 16 nitrogen and oxygen atoms in total. The first-order valence-electron chi connectivity index (χ1n) is 8.58. The van der Waals surface area contributed by atoms with Gasteiger partial charge in [-0.25, -0.2) is 18.5 Å². The van der Waals surface area contributed by atoms with Gasteiger partial charge in [0, 0.05) is 12.3 Å². The third-order valence-corrected chi connectivity index (χ3v) is 10.1. The highest BCUT2D eigenvalue weighted by Gasteiger charge is 2.66. The summed E-state index contributed by atoms with van der Waals surface area (Å²) >= 11 is 1.26. The van der Waals surface area contributed by atoms with Crippen LogP contribution < -0.4 is 11.2 Å². The van der Waals surface area contributed by atoms with E-state index in [2.05, 4.69) is 18.1 Å². The fourth-order valence-electron chi connectivity index (χ4n) is 3.35. The van der Waals surface area contributed by atoms with Crippen molar-refractivity contribution in [3.8, 4) is 0 Å². The zero-order valence-electron chi connectivity index (χ0n) is 16.0. The molecule has 3 heterocycles. The summed E-state index contributed by atoms with van der Waals surface area (Å²) < 4.78 is 51.8. The van der Waals surface area contributed by atoms with E-state index in [0.717, 1.165) is 16.8 Å². The number of phosphoric ester groups is 1. The van der Waals surface area contributed by atoms with E-state index in [1.165, 1.54) is 18.7 Å². The zero-order chi connectivity index (χ0) is 24.2. The number of hydrogen-bond donors (Lipinski definition) is 6. The van der Waals surface area contributed by atoms with Crippen LogP contribution in [0.15, 0.2) is 21.9 Å². The topological polar surface area (TPSA) is 244 Å². The Morgan fingerprint density at radius 2 is 1.84 bits per heavy atom. The third kappa shape index (κ3) is 5.36. The SMILES string of the molecule is C[C@]1(COP(=O)(O)OP(=O)(O)OP(=O)(O)O)O[C@@H](n2ccc(=O)[nH]c2=O)[C@@]2(CCS2)[C@@H]1O.